The number of pyridine rings is 1. The summed E-state index contributed by atoms with van der Waals surface area (Å²) in [7, 11) is 0. The van der Waals surface area contributed by atoms with Gasteiger partial charge in [-0.25, -0.2) is 0 Å². The summed E-state index contributed by atoms with van der Waals surface area (Å²) in [5.41, 5.74) is 1.22. The fourth-order valence-electron chi connectivity index (χ4n) is 1.82. The standard InChI is InChI=1S/C11H16N3/c1-2-13-6-8-14(9-7-13)11-4-3-5-12-10-11/h3-4,10H,2,6-9H2,1H3. The summed E-state index contributed by atoms with van der Waals surface area (Å²) in [5, 5.41) is 0. The van der Waals surface area contributed by atoms with Crippen LogP contribution < -0.4 is 4.90 Å². The second kappa shape index (κ2) is 4.42. The van der Waals surface area contributed by atoms with Gasteiger partial charge in [0.15, 0.2) is 0 Å². The van der Waals surface area contributed by atoms with Crippen LogP contribution in [-0.4, -0.2) is 42.6 Å². The Morgan fingerprint density at radius 3 is 2.71 bits per heavy atom. The Morgan fingerprint density at radius 1 is 1.36 bits per heavy atom. The van der Waals surface area contributed by atoms with E-state index in [2.05, 4.69) is 34.0 Å². The molecule has 0 amide bonds. The first kappa shape index (κ1) is 9.46. The quantitative estimate of drug-likeness (QED) is 0.694. The van der Waals surface area contributed by atoms with Crippen molar-refractivity contribution < 1.29 is 0 Å². The molecule has 14 heavy (non-hydrogen) atoms. The molecular weight excluding hydrogens is 174 g/mol. The summed E-state index contributed by atoms with van der Waals surface area (Å²) in [5.74, 6) is 0. The normalized spacial score (nSPS) is 18.5. The lowest BCUT2D eigenvalue weighted by Crippen LogP contribution is -2.46. The Labute approximate surface area is 85.4 Å². The van der Waals surface area contributed by atoms with Crippen LogP contribution in [0.15, 0.2) is 18.3 Å². The number of anilines is 1. The third-order valence-corrected chi connectivity index (χ3v) is 2.78. The molecule has 0 aromatic carbocycles. The van der Waals surface area contributed by atoms with Gasteiger partial charge in [0, 0.05) is 26.2 Å². The predicted molar refractivity (Wildman–Crippen MR) is 57.4 cm³/mol. The van der Waals surface area contributed by atoms with Gasteiger partial charge in [0.25, 0.3) is 0 Å². The Hall–Kier alpha value is -1.09. The van der Waals surface area contributed by atoms with Crippen LogP contribution in [0.5, 0.6) is 0 Å². The number of rotatable bonds is 2. The molecule has 1 aromatic heterocycles. The third-order valence-electron chi connectivity index (χ3n) is 2.78. The molecule has 0 spiro atoms. The van der Waals surface area contributed by atoms with E-state index < -0.39 is 0 Å². The molecule has 3 heteroatoms. The Bertz CT molecular complexity index is 265. The SMILES string of the molecule is CCN1CCN(c2cc[c]nc2)CC1. The van der Waals surface area contributed by atoms with Crippen LogP contribution in [-0.2, 0) is 0 Å². The zero-order chi connectivity index (χ0) is 9.80. The van der Waals surface area contributed by atoms with Crippen LogP contribution in [0.25, 0.3) is 0 Å². The summed E-state index contributed by atoms with van der Waals surface area (Å²) in [6.07, 6.45) is 4.70. The summed E-state index contributed by atoms with van der Waals surface area (Å²) >= 11 is 0. The number of nitrogens with zero attached hydrogens (tertiary/aromatic N) is 3. The smallest absolute Gasteiger partial charge is 0.0887 e. The molecule has 0 aliphatic carbocycles. The second-order valence-corrected chi connectivity index (χ2v) is 3.57. The van der Waals surface area contributed by atoms with Gasteiger partial charge in [-0.15, -0.1) is 0 Å². The van der Waals surface area contributed by atoms with Gasteiger partial charge in [-0.3, -0.25) is 4.98 Å². The van der Waals surface area contributed by atoms with Crippen molar-refractivity contribution in [2.24, 2.45) is 0 Å². The molecule has 0 unspecified atom stereocenters. The summed E-state index contributed by atoms with van der Waals surface area (Å²) < 4.78 is 0. The lowest BCUT2D eigenvalue weighted by molar-refractivity contribution is 0.271. The van der Waals surface area contributed by atoms with E-state index in [1.807, 2.05) is 12.3 Å². The van der Waals surface area contributed by atoms with Crippen molar-refractivity contribution in [3.63, 3.8) is 0 Å². The van der Waals surface area contributed by atoms with Crippen LogP contribution in [0.2, 0.25) is 0 Å². The van der Waals surface area contributed by atoms with Crippen molar-refractivity contribution in [2.45, 2.75) is 6.92 Å². The van der Waals surface area contributed by atoms with Crippen molar-refractivity contribution in [1.29, 1.82) is 0 Å². The molecule has 1 aliphatic heterocycles. The van der Waals surface area contributed by atoms with Gasteiger partial charge in [-0.05, 0) is 18.7 Å². The van der Waals surface area contributed by atoms with Gasteiger partial charge in [-0.2, -0.15) is 0 Å². The molecule has 0 N–H and O–H groups in total. The van der Waals surface area contributed by atoms with Crippen molar-refractivity contribution in [3.8, 4) is 0 Å². The average molecular weight is 190 g/mol. The van der Waals surface area contributed by atoms with Crippen LogP contribution in [0, 0.1) is 6.20 Å². The zero-order valence-corrected chi connectivity index (χ0v) is 8.61. The Kier molecular flexibility index (Phi) is 2.99. The molecule has 0 saturated carbocycles. The van der Waals surface area contributed by atoms with E-state index in [-0.39, 0.29) is 0 Å². The maximum atomic E-state index is 4.02. The first-order valence-electron chi connectivity index (χ1n) is 5.19. The summed E-state index contributed by atoms with van der Waals surface area (Å²) in [4.78, 5) is 8.87. The van der Waals surface area contributed by atoms with E-state index >= 15 is 0 Å². The molecule has 1 fully saturated rings. The van der Waals surface area contributed by atoms with E-state index in [1.165, 1.54) is 5.69 Å². The Morgan fingerprint density at radius 2 is 2.14 bits per heavy atom. The molecule has 0 bridgehead atoms. The van der Waals surface area contributed by atoms with Crippen LogP contribution in [0.1, 0.15) is 6.92 Å². The molecule has 2 rings (SSSR count). The molecule has 1 aromatic rings. The van der Waals surface area contributed by atoms with Crippen LogP contribution in [0.4, 0.5) is 5.69 Å². The van der Waals surface area contributed by atoms with Gasteiger partial charge in [0.1, 0.15) is 0 Å². The first-order chi connectivity index (χ1) is 6.90. The monoisotopic (exact) mass is 190 g/mol. The van der Waals surface area contributed by atoms with Crippen LogP contribution in [0.3, 0.4) is 0 Å². The van der Waals surface area contributed by atoms with Crippen molar-refractivity contribution in [3.05, 3.63) is 24.5 Å². The average Bonchev–Trinajstić information content (AvgIpc) is 2.30. The van der Waals surface area contributed by atoms with E-state index in [0.717, 1.165) is 32.7 Å². The maximum absolute atomic E-state index is 4.02. The molecule has 0 atom stereocenters. The van der Waals surface area contributed by atoms with Gasteiger partial charge in [0.05, 0.1) is 18.1 Å². The third kappa shape index (κ3) is 2.04. The Balaban J connectivity index is 1.96. The molecule has 75 valence electrons. The topological polar surface area (TPSA) is 19.4 Å². The van der Waals surface area contributed by atoms with E-state index in [4.69, 9.17) is 0 Å². The van der Waals surface area contributed by atoms with E-state index in [0.29, 0.717) is 0 Å². The highest BCUT2D eigenvalue weighted by atomic mass is 15.3. The molecular formula is C11H16N3. The van der Waals surface area contributed by atoms with Crippen molar-refractivity contribution in [2.75, 3.05) is 37.6 Å². The highest BCUT2D eigenvalue weighted by Gasteiger charge is 2.15. The van der Waals surface area contributed by atoms with E-state index in [1.54, 1.807) is 0 Å². The van der Waals surface area contributed by atoms with E-state index in [9.17, 15) is 0 Å². The maximum Gasteiger partial charge on any atom is 0.0887 e. The highest BCUT2D eigenvalue weighted by molar-refractivity contribution is 5.43. The number of piperazine rings is 1. The molecule has 3 nitrogen and oxygen atoms in total. The van der Waals surface area contributed by atoms with Crippen LogP contribution >= 0.6 is 0 Å². The minimum atomic E-state index is 1.11. The lowest BCUT2D eigenvalue weighted by Gasteiger charge is -2.35. The number of hydrogen-bond donors (Lipinski definition) is 0. The lowest BCUT2D eigenvalue weighted by atomic mass is 10.3. The zero-order valence-electron chi connectivity index (χ0n) is 8.61. The number of likely N-dealkylation sites (N-methyl/N-ethyl adjacent to an activating group) is 1. The molecule has 1 radical (unpaired) electrons. The second-order valence-electron chi connectivity index (χ2n) is 3.57. The molecule has 1 saturated heterocycles. The number of aromatic nitrogens is 1. The van der Waals surface area contributed by atoms with Gasteiger partial charge < -0.3 is 9.80 Å². The number of hydrogen-bond acceptors (Lipinski definition) is 3. The largest absolute Gasteiger partial charge is 0.368 e. The van der Waals surface area contributed by atoms with Crippen molar-refractivity contribution >= 4 is 5.69 Å². The fraction of sp³-hybridized carbons (Fsp3) is 0.545. The summed E-state index contributed by atoms with van der Waals surface area (Å²) in [6.45, 7) is 7.92. The molecule has 2 heterocycles. The fourth-order valence-corrected chi connectivity index (χ4v) is 1.82. The van der Waals surface area contributed by atoms with Gasteiger partial charge >= 0.3 is 0 Å². The first-order valence-corrected chi connectivity index (χ1v) is 5.19. The summed E-state index contributed by atoms with van der Waals surface area (Å²) in [6, 6.07) is 3.95. The minimum absolute atomic E-state index is 1.11. The van der Waals surface area contributed by atoms with Gasteiger partial charge in [-0.1, -0.05) is 6.92 Å². The van der Waals surface area contributed by atoms with Gasteiger partial charge in [0.2, 0.25) is 0 Å². The predicted octanol–water partition coefficient (Wildman–Crippen LogP) is 1.02. The minimum Gasteiger partial charge on any atom is -0.368 e. The van der Waals surface area contributed by atoms with Crippen molar-refractivity contribution in [1.82, 2.24) is 9.88 Å². The molecule has 1 aliphatic rings. The highest BCUT2D eigenvalue weighted by Crippen LogP contribution is 2.13.